The average Bonchev–Trinajstić information content (AvgIpc) is 1.10. The maximum atomic E-state index is 14.3. The molecule has 8 fully saturated rings. The lowest BCUT2D eigenvalue weighted by Gasteiger charge is -2.73. The number of nitrogens with one attached hydrogen (secondary N) is 1. The quantitative estimate of drug-likeness (QED) is 0.0591. The van der Waals surface area contributed by atoms with Crippen molar-refractivity contribution in [1.82, 2.24) is 24.9 Å². The zero-order chi connectivity index (χ0) is 78.2. The number of fused-ring (bicyclic) bond motifs is 14. The standard InChI is InChI=1S/C52H62N4O3S.C45H57N3O2S/c1-33(2)36-21-26-52(56(31-42(57)40-14-10-12-30-54-40)47-55-41(32-60-47)39-13-9-11-29-53-39)28-27-50(6)38(45(36)52)19-20-44-49(5)24-22-37(34-15-17-35(18-16-34)46(58)59-8)48(3,4)43(49)23-25-51(44,50)7;1-28(2)31-18-23-45(48-40-47-35(27-51-40)34-11-9-10-26-46-34)25-24-43(6)33(38(31)45)16-17-37-42(5)21-19-32(29-12-14-30(15-13-29)39(49)50-8)41(3,4)36(42)20-22-44(37,43)7/h9-18,22,29-30,32,36,38,43-45H,1,19-21,23-28,31H2,2-8H3;9-15,19,26-27,31,33,36-38H,1,16-18,20-25H2,2-8H3,(H,47,48)/t36-,38+,43-,44+,45+,49-,50+,51+,52-;31-,33+,36-,37+,38+,42-,43+,44+,45-/m00/s1. The Labute approximate surface area is 669 Å². The molecule has 0 aliphatic heterocycles. The van der Waals surface area contributed by atoms with E-state index >= 15 is 0 Å². The molecule has 1 N–H and O–H groups in total. The van der Waals surface area contributed by atoms with Gasteiger partial charge in [0.15, 0.2) is 16.0 Å². The van der Waals surface area contributed by atoms with E-state index in [4.69, 9.17) is 19.4 Å². The summed E-state index contributed by atoms with van der Waals surface area (Å²) >= 11 is 3.39. The molecule has 10 aliphatic carbocycles. The molecule has 0 radical (unpaired) electrons. The molecule has 17 rings (SSSR count). The summed E-state index contributed by atoms with van der Waals surface area (Å²) < 4.78 is 9.97. The van der Waals surface area contributed by atoms with Crippen molar-refractivity contribution in [3.63, 3.8) is 0 Å². The van der Waals surface area contributed by atoms with Crippen LogP contribution in [-0.2, 0) is 9.47 Å². The smallest absolute Gasteiger partial charge is 0.337 e. The zero-order valence-electron chi connectivity index (χ0n) is 68.5. The monoisotopic (exact) mass is 1530 g/mol. The van der Waals surface area contributed by atoms with E-state index in [2.05, 4.69) is 175 Å². The minimum absolute atomic E-state index is 0.0143. The summed E-state index contributed by atoms with van der Waals surface area (Å²) in [5.41, 5.74) is 14.5. The molecule has 10 aliphatic rings. The lowest BCUT2D eigenvalue weighted by atomic mass is 9.33. The number of esters is 2. The van der Waals surface area contributed by atoms with Gasteiger partial charge in [-0.25, -0.2) is 19.6 Å². The number of anilines is 2. The van der Waals surface area contributed by atoms with Crippen LogP contribution in [0.2, 0.25) is 0 Å². The van der Waals surface area contributed by atoms with Crippen molar-refractivity contribution in [2.24, 2.45) is 102 Å². The number of methoxy groups -OCH3 is 2. The van der Waals surface area contributed by atoms with E-state index in [0.29, 0.717) is 76.0 Å². The van der Waals surface area contributed by atoms with Gasteiger partial charge < -0.3 is 19.7 Å². The lowest BCUT2D eigenvalue weighted by Crippen LogP contribution is -2.68. The number of pyridine rings is 3. The Morgan fingerprint density at radius 3 is 1.46 bits per heavy atom. The van der Waals surface area contributed by atoms with Gasteiger partial charge in [0, 0.05) is 40.4 Å². The third kappa shape index (κ3) is 12.1. The number of carbonyl (C=O) groups is 3. The zero-order valence-corrected chi connectivity index (χ0v) is 70.2. The SMILES string of the molecule is C=C(C)[C@@H]1CC[C@]2(N(CC(=O)c3ccccn3)c3nc(-c4ccccn4)cs3)CC[C@]3(C)[C@H](CC[C@@H]4[C@@]5(C)CC=C(c6ccc(C(=O)OC)cc6)C(C)(C)[C@@H]5CC[C@]43C)[C@@H]12.C=C(C)[C@@H]1CC[C@]2(Nc3nc(-c4ccccn4)cs3)CC[C@]3(C)[C@H](CC[C@@H]4[C@@]5(C)CC=C(c6ccc(C(=O)OC)cc6)C(C)(C)[C@@H]5CC[C@]43C)[C@@H]12. The van der Waals surface area contributed by atoms with E-state index in [0.717, 1.165) is 71.6 Å². The van der Waals surface area contributed by atoms with Gasteiger partial charge in [0.25, 0.3) is 0 Å². The molecule has 12 nitrogen and oxygen atoms in total. The number of allylic oxidation sites excluding steroid dienone is 6. The second-order valence-electron chi connectivity index (χ2n) is 38.7. The second kappa shape index (κ2) is 28.4. The normalized spacial score (nSPS) is 35.8. The maximum Gasteiger partial charge on any atom is 0.337 e. The second-order valence-corrected chi connectivity index (χ2v) is 40.4. The van der Waals surface area contributed by atoms with E-state index in [-0.39, 0.29) is 78.7 Å². The van der Waals surface area contributed by atoms with Gasteiger partial charge in [-0.15, -0.1) is 22.7 Å². The molecule has 0 bridgehead atoms. The minimum Gasteiger partial charge on any atom is -0.465 e. The fraction of sp³-hybridized carbons (Fsp3) is 0.546. The molecule has 5 heterocycles. The van der Waals surface area contributed by atoms with Crippen molar-refractivity contribution in [1.29, 1.82) is 0 Å². The van der Waals surface area contributed by atoms with Crippen LogP contribution >= 0.6 is 22.7 Å². The van der Waals surface area contributed by atoms with Crippen LogP contribution in [0, 0.1) is 102 Å². The predicted molar refractivity (Wildman–Crippen MR) is 451 cm³/mol. The first kappa shape index (κ1) is 77.3. The molecule has 7 aromatic rings. The molecule has 14 heteroatoms. The molecule has 584 valence electrons. The molecular weight excluding hydrogens is 1410 g/mol. The van der Waals surface area contributed by atoms with Crippen LogP contribution in [0.25, 0.3) is 33.9 Å². The Morgan fingerprint density at radius 2 is 0.964 bits per heavy atom. The van der Waals surface area contributed by atoms with Crippen LogP contribution in [-0.4, -0.2) is 74.5 Å². The van der Waals surface area contributed by atoms with Crippen molar-refractivity contribution in [3.05, 3.63) is 197 Å². The number of ketones is 1. The van der Waals surface area contributed by atoms with Crippen molar-refractivity contribution in [2.75, 3.05) is 31.0 Å². The third-order valence-electron chi connectivity index (χ3n) is 33.7. The highest BCUT2D eigenvalue weighted by atomic mass is 32.1. The first-order valence-corrected chi connectivity index (χ1v) is 43.5. The molecule has 5 aromatic heterocycles. The summed E-state index contributed by atoms with van der Waals surface area (Å²) in [5, 5.41) is 10.4. The van der Waals surface area contributed by atoms with E-state index in [1.807, 2.05) is 85.2 Å². The number of benzene rings is 2. The van der Waals surface area contributed by atoms with Gasteiger partial charge in [-0.1, -0.05) is 148 Å². The van der Waals surface area contributed by atoms with Gasteiger partial charge >= 0.3 is 11.9 Å². The van der Waals surface area contributed by atoms with E-state index in [1.165, 1.54) is 125 Å². The Hall–Kier alpha value is -7.68. The summed E-state index contributed by atoms with van der Waals surface area (Å²) in [5.74, 6) is 4.94. The third-order valence-corrected chi connectivity index (χ3v) is 35.3. The number of carbonyl (C=O) groups excluding carboxylic acids is 3. The number of ether oxygens (including phenoxy) is 2. The van der Waals surface area contributed by atoms with Crippen LogP contribution in [0.1, 0.15) is 241 Å². The van der Waals surface area contributed by atoms with Gasteiger partial charge in [0.2, 0.25) is 0 Å². The Balaban J connectivity index is 0.000000170. The summed E-state index contributed by atoms with van der Waals surface area (Å²) in [6.07, 6.45) is 31.9. The molecule has 2 aromatic carbocycles. The van der Waals surface area contributed by atoms with Gasteiger partial charge in [-0.05, 0) is 315 Å². The maximum absolute atomic E-state index is 14.3. The van der Waals surface area contributed by atoms with Gasteiger partial charge in [0.1, 0.15) is 17.1 Å². The number of aromatic nitrogens is 5. The summed E-state index contributed by atoms with van der Waals surface area (Å²) in [4.78, 5) is 65.4. The van der Waals surface area contributed by atoms with Crippen LogP contribution in [0.5, 0.6) is 0 Å². The molecule has 0 unspecified atom stereocenters. The fourth-order valence-corrected chi connectivity index (χ4v) is 30.0. The summed E-state index contributed by atoms with van der Waals surface area (Å²) in [6.45, 7) is 40.2. The molecule has 18 atom stereocenters. The fourth-order valence-electron chi connectivity index (χ4n) is 28.3. The van der Waals surface area contributed by atoms with E-state index in [1.54, 1.807) is 28.9 Å². The lowest BCUT2D eigenvalue weighted by molar-refractivity contribution is -0.217. The Morgan fingerprint density at radius 1 is 0.486 bits per heavy atom. The van der Waals surface area contributed by atoms with Crippen LogP contribution < -0.4 is 10.2 Å². The average molecular weight is 1530 g/mol. The van der Waals surface area contributed by atoms with E-state index in [9.17, 15) is 14.4 Å². The number of hydrogen-bond donors (Lipinski definition) is 1. The van der Waals surface area contributed by atoms with Gasteiger partial charge in [-0.2, -0.15) is 0 Å². The first-order chi connectivity index (χ1) is 52.9. The largest absolute Gasteiger partial charge is 0.465 e. The Kier molecular flexibility index (Phi) is 19.8. The summed E-state index contributed by atoms with van der Waals surface area (Å²) in [7, 11) is 2.89. The van der Waals surface area contributed by atoms with Crippen molar-refractivity contribution >= 4 is 61.8 Å². The van der Waals surface area contributed by atoms with Gasteiger partial charge in [0.05, 0.1) is 43.3 Å². The van der Waals surface area contributed by atoms with Crippen molar-refractivity contribution in [2.45, 2.75) is 210 Å². The molecule has 111 heavy (non-hydrogen) atoms. The Bertz CT molecular complexity index is 4780. The molecule has 0 spiro atoms. The van der Waals surface area contributed by atoms with Gasteiger partial charge in [-0.3, -0.25) is 19.7 Å². The first-order valence-electron chi connectivity index (χ1n) is 41.8. The summed E-state index contributed by atoms with van der Waals surface area (Å²) in [6, 6.07) is 33.9. The topological polar surface area (TPSA) is 149 Å². The number of rotatable bonds is 15. The molecule has 0 amide bonds. The van der Waals surface area contributed by atoms with Crippen molar-refractivity contribution < 1.29 is 23.9 Å². The highest BCUT2D eigenvalue weighted by Crippen LogP contribution is 2.80. The number of hydrogen-bond acceptors (Lipinski definition) is 14. The number of nitrogens with zero attached hydrogens (tertiary/aromatic N) is 6. The molecule has 8 saturated carbocycles. The van der Waals surface area contributed by atoms with Crippen LogP contribution in [0.4, 0.5) is 10.3 Å². The van der Waals surface area contributed by atoms with Crippen LogP contribution in [0.15, 0.2) is 169 Å². The minimum atomic E-state index is -0.294. The van der Waals surface area contributed by atoms with Crippen molar-refractivity contribution in [3.8, 4) is 22.8 Å². The van der Waals surface area contributed by atoms with E-state index < -0.39 is 0 Å². The molecule has 0 saturated heterocycles. The molecular formula is C97H119N7O5S2. The number of Topliss-reactive ketones (excluding diaryl/α,β-unsaturated/α-hetero) is 1. The highest BCUT2D eigenvalue weighted by Gasteiger charge is 2.74. The van der Waals surface area contributed by atoms with Crippen LogP contribution in [0.3, 0.4) is 0 Å². The highest BCUT2D eigenvalue weighted by molar-refractivity contribution is 7.14. The number of thiazole rings is 2. The predicted octanol–water partition coefficient (Wildman–Crippen LogP) is 23.7.